The Morgan fingerprint density at radius 2 is 0.912 bits per heavy atom. The molecule has 0 bridgehead atoms. The van der Waals surface area contributed by atoms with Crippen LogP contribution in [-0.4, -0.2) is 49.3 Å². The molecule has 334 valence electrons. The number of allylic oxidation sites excluding steroid dienone is 6. The van der Waals surface area contributed by atoms with Crippen LogP contribution in [-0.2, 0) is 32.7 Å². The highest BCUT2D eigenvalue weighted by Gasteiger charge is 2.26. The van der Waals surface area contributed by atoms with Gasteiger partial charge in [0.2, 0.25) is 0 Å². The number of rotatable bonds is 44. The third-order valence-corrected chi connectivity index (χ3v) is 11.0. The predicted octanol–water partition coefficient (Wildman–Crippen LogP) is 13.7. The molecule has 0 aromatic heterocycles. The topological polar surface area (TPSA) is 134 Å². The highest BCUT2D eigenvalue weighted by Crippen LogP contribution is 2.43. The van der Waals surface area contributed by atoms with Crippen molar-refractivity contribution in [3.05, 3.63) is 36.5 Å². The summed E-state index contributed by atoms with van der Waals surface area (Å²) in [6.45, 7) is 3.70. The second-order valence-corrected chi connectivity index (χ2v) is 17.1. The molecule has 0 aliphatic carbocycles. The van der Waals surface area contributed by atoms with E-state index in [1.807, 2.05) is 0 Å². The normalized spacial score (nSPS) is 13.5. The van der Waals surface area contributed by atoms with Gasteiger partial charge in [0, 0.05) is 19.4 Å². The van der Waals surface area contributed by atoms with Crippen LogP contribution in [0.2, 0.25) is 0 Å². The number of hydrogen-bond donors (Lipinski definition) is 2. The fourth-order valence-corrected chi connectivity index (χ4v) is 7.25. The second-order valence-electron chi connectivity index (χ2n) is 15.6. The third-order valence-electron chi connectivity index (χ3n) is 10.00. The van der Waals surface area contributed by atoms with Crippen LogP contribution in [0.3, 0.4) is 0 Å². The molecule has 57 heavy (non-hydrogen) atoms. The zero-order valence-corrected chi connectivity index (χ0v) is 37.7. The van der Waals surface area contributed by atoms with Crippen LogP contribution in [0.4, 0.5) is 0 Å². The van der Waals surface area contributed by atoms with Crippen LogP contribution in [0.5, 0.6) is 0 Å². The number of unbranched alkanes of at least 4 members (excludes halogenated alkanes) is 25. The Labute approximate surface area is 350 Å². The molecule has 0 aromatic rings. The molecule has 9 nitrogen and oxygen atoms in total. The van der Waals surface area contributed by atoms with Gasteiger partial charge in [-0.25, -0.2) is 4.57 Å². The molecule has 1 unspecified atom stereocenters. The average molecular weight is 826 g/mol. The van der Waals surface area contributed by atoms with Crippen molar-refractivity contribution in [2.75, 3.05) is 26.4 Å². The van der Waals surface area contributed by atoms with Gasteiger partial charge in [-0.3, -0.25) is 18.6 Å². The fourth-order valence-electron chi connectivity index (χ4n) is 6.48. The van der Waals surface area contributed by atoms with Gasteiger partial charge < -0.3 is 20.1 Å². The van der Waals surface area contributed by atoms with Crippen LogP contribution in [0, 0.1) is 0 Å². The van der Waals surface area contributed by atoms with E-state index in [-0.39, 0.29) is 32.6 Å². The van der Waals surface area contributed by atoms with Crippen LogP contribution >= 0.6 is 7.82 Å². The van der Waals surface area contributed by atoms with Gasteiger partial charge in [0.05, 0.1) is 13.2 Å². The molecule has 0 fully saturated rings. The lowest BCUT2D eigenvalue weighted by atomic mass is 10.0. The lowest BCUT2D eigenvalue weighted by Gasteiger charge is -2.19. The largest absolute Gasteiger partial charge is 0.472 e. The Bertz CT molecular complexity index is 1030. The number of phosphoric acid groups is 1. The van der Waals surface area contributed by atoms with E-state index in [9.17, 15) is 19.0 Å². The van der Waals surface area contributed by atoms with Crippen LogP contribution in [0.15, 0.2) is 36.5 Å². The van der Waals surface area contributed by atoms with Crippen molar-refractivity contribution in [3.8, 4) is 0 Å². The van der Waals surface area contributed by atoms with Crippen molar-refractivity contribution < 1.29 is 37.6 Å². The Kier molecular flexibility index (Phi) is 42.4. The number of phosphoric ester groups is 1. The fraction of sp³-hybridized carbons (Fsp3) is 0.830. The Morgan fingerprint density at radius 3 is 1.39 bits per heavy atom. The van der Waals surface area contributed by atoms with Crippen molar-refractivity contribution in [2.24, 2.45) is 5.73 Å². The summed E-state index contributed by atoms with van der Waals surface area (Å²) in [5.41, 5.74) is 5.35. The number of ether oxygens (including phenoxy) is 2. The molecule has 10 heteroatoms. The van der Waals surface area contributed by atoms with Crippen molar-refractivity contribution in [1.82, 2.24) is 0 Å². The number of hydrogen-bond acceptors (Lipinski definition) is 8. The Hall–Kier alpha value is -1.77. The maximum Gasteiger partial charge on any atom is 0.472 e. The highest BCUT2D eigenvalue weighted by molar-refractivity contribution is 7.47. The minimum atomic E-state index is -4.38. The molecule has 0 aliphatic rings. The maximum atomic E-state index is 12.6. The minimum Gasteiger partial charge on any atom is -0.462 e. The van der Waals surface area contributed by atoms with Gasteiger partial charge in [0.15, 0.2) is 6.10 Å². The summed E-state index contributed by atoms with van der Waals surface area (Å²) in [6, 6.07) is 0. The van der Waals surface area contributed by atoms with Crippen molar-refractivity contribution in [2.45, 2.75) is 225 Å². The van der Waals surface area contributed by atoms with Gasteiger partial charge in [-0.1, -0.05) is 172 Å². The van der Waals surface area contributed by atoms with E-state index >= 15 is 0 Å². The summed E-state index contributed by atoms with van der Waals surface area (Å²) < 4.78 is 32.8. The molecular formula is C47H88NO8P. The summed E-state index contributed by atoms with van der Waals surface area (Å²) >= 11 is 0. The molecule has 0 radical (unpaired) electrons. The Balaban J connectivity index is 4.09. The first-order valence-corrected chi connectivity index (χ1v) is 25.0. The minimum absolute atomic E-state index is 0.0514. The summed E-state index contributed by atoms with van der Waals surface area (Å²) in [7, 11) is -4.38. The van der Waals surface area contributed by atoms with Gasteiger partial charge >= 0.3 is 19.8 Å². The van der Waals surface area contributed by atoms with Gasteiger partial charge in [0.1, 0.15) is 6.61 Å². The van der Waals surface area contributed by atoms with Crippen molar-refractivity contribution in [1.29, 1.82) is 0 Å². The molecule has 2 atom stereocenters. The van der Waals surface area contributed by atoms with E-state index in [2.05, 4.69) is 50.3 Å². The van der Waals surface area contributed by atoms with E-state index in [0.717, 1.165) is 57.8 Å². The zero-order chi connectivity index (χ0) is 41.8. The summed E-state index contributed by atoms with van der Waals surface area (Å²) in [5.74, 6) is -0.840. The van der Waals surface area contributed by atoms with Gasteiger partial charge in [-0.15, -0.1) is 0 Å². The summed E-state index contributed by atoms with van der Waals surface area (Å²) in [6.07, 6.45) is 48.9. The molecule has 0 aromatic carbocycles. The standard InChI is InChI=1S/C47H88NO8P/c1-3-5-7-9-11-13-15-17-19-20-21-22-23-24-26-28-30-32-34-36-38-40-47(50)56-45(44-55-57(51,52)54-42-41-48)43-53-46(49)39-37-35-33-31-29-27-25-18-16-14-12-10-8-6-4-2/h12,14,17-19,25,45H,3-11,13,15-16,20-24,26-44,48H2,1-2H3,(H,51,52)/b14-12+,19-17+,25-18+/t45-/m1/s1. The van der Waals surface area contributed by atoms with Crippen LogP contribution in [0.1, 0.15) is 219 Å². The number of nitrogens with two attached hydrogens (primary N) is 1. The molecule has 0 heterocycles. The molecular weight excluding hydrogens is 737 g/mol. The molecule has 3 N–H and O–H groups in total. The second kappa shape index (κ2) is 43.8. The monoisotopic (exact) mass is 826 g/mol. The summed E-state index contributed by atoms with van der Waals surface area (Å²) in [4.78, 5) is 34.9. The third kappa shape index (κ3) is 43.6. The van der Waals surface area contributed by atoms with E-state index in [4.69, 9.17) is 24.3 Å². The van der Waals surface area contributed by atoms with Crippen LogP contribution < -0.4 is 5.73 Å². The van der Waals surface area contributed by atoms with E-state index in [1.54, 1.807) is 0 Å². The highest BCUT2D eigenvalue weighted by atomic mass is 31.2. The summed E-state index contributed by atoms with van der Waals surface area (Å²) in [5, 5.41) is 0. The SMILES string of the molecule is CCCCC/C=C/C/C=C/CCCCCCCC(=O)OC[C@H](COP(=O)(O)OCCN)OC(=O)CCCCCCCCCCCCC/C=C/CCCCCCCC. The number of carbonyl (C=O) groups excluding carboxylic acids is 2. The molecule has 0 rings (SSSR count). The van der Waals surface area contributed by atoms with E-state index < -0.39 is 32.5 Å². The van der Waals surface area contributed by atoms with Gasteiger partial charge in [0.25, 0.3) is 0 Å². The lowest BCUT2D eigenvalue weighted by molar-refractivity contribution is -0.161. The lowest BCUT2D eigenvalue weighted by Crippen LogP contribution is -2.29. The molecule has 0 spiro atoms. The predicted molar refractivity (Wildman–Crippen MR) is 238 cm³/mol. The molecule has 0 saturated heterocycles. The van der Waals surface area contributed by atoms with Gasteiger partial charge in [-0.2, -0.15) is 0 Å². The van der Waals surface area contributed by atoms with Crippen molar-refractivity contribution >= 4 is 19.8 Å². The molecule has 0 aliphatic heterocycles. The average Bonchev–Trinajstić information content (AvgIpc) is 3.20. The number of carbonyl (C=O) groups is 2. The zero-order valence-electron chi connectivity index (χ0n) is 36.8. The first kappa shape index (κ1) is 55.2. The van der Waals surface area contributed by atoms with Gasteiger partial charge in [-0.05, 0) is 70.6 Å². The molecule has 0 saturated carbocycles. The first-order valence-electron chi connectivity index (χ1n) is 23.5. The van der Waals surface area contributed by atoms with E-state index in [1.165, 1.54) is 122 Å². The molecule has 0 amide bonds. The van der Waals surface area contributed by atoms with Crippen LogP contribution in [0.25, 0.3) is 0 Å². The quantitative estimate of drug-likeness (QED) is 0.0266. The van der Waals surface area contributed by atoms with E-state index in [0.29, 0.717) is 12.8 Å². The Morgan fingerprint density at radius 1 is 0.526 bits per heavy atom. The number of esters is 2. The smallest absolute Gasteiger partial charge is 0.462 e. The first-order chi connectivity index (χ1) is 27.8. The van der Waals surface area contributed by atoms with Crippen molar-refractivity contribution in [3.63, 3.8) is 0 Å². The maximum absolute atomic E-state index is 12.6.